The topological polar surface area (TPSA) is 46.1 Å². The number of nitrogens with zero attached hydrogens (tertiary/aromatic N) is 3. The minimum atomic E-state index is 0.0875. The molecular formula is C13H12ClN3O. The maximum Gasteiger partial charge on any atom is 0.228 e. The van der Waals surface area contributed by atoms with Crippen LogP contribution in [0, 0.1) is 5.92 Å². The van der Waals surface area contributed by atoms with E-state index in [-0.39, 0.29) is 11.8 Å². The Bertz CT molecular complexity index is 596. The number of anilines is 1. The summed E-state index contributed by atoms with van der Waals surface area (Å²) in [6.07, 6.45) is 2.00. The third-order valence-corrected chi connectivity index (χ3v) is 3.64. The van der Waals surface area contributed by atoms with Crippen LogP contribution in [-0.4, -0.2) is 28.3 Å². The van der Waals surface area contributed by atoms with Gasteiger partial charge < -0.3 is 0 Å². The number of amides is 1. The molecule has 1 atom stereocenters. The predicted octanol–water partition coefficient (Wildman–Crippen LogP) is 2.22. The van der Waals surface area contributed by atoms with Gasteiger partial charge in [-0.05, 0) is 18.1 Å². The molecule has 4 nitrogen and oxygen atoms in total. The van der Waals surface area contributed by atoms with Crippen LogP contribution in [0.1, 0.15) is 6.42 Å². The van der Waals surface area contributed by atoms with Crippen molar-refractivity contribution in [2.75, 3.05) is 17.3 Å². The van der Waals surface area contributed by atoms with Gasteiger partial charge in [0.1, 0.15) is 12.1 Å². The van der Waals surface area contributed by atoms with E-state index in [1.807, 2.05) is 24.3 Å². The Balaban J connectivity index is 2.07. The molecule has 1 fully saturated rings. The minimum Gasteiger partial charge on any atom is -0.296 e. The summed E-state index contributed by atoms with van der Waals surface area (Å²) in [5.41, 5.74) is 0.852. The zero-order valence-electron chi connectivity index (χ0n) is 9.71. The fourth-order valence-electron chi connectivity index (χ4n) is 2.30. The fourth-order valence-corrected chi connectivity index (χ4v) is 2.50. The molecule has 0 bridgehead atoms. The van der Waals surface area contributed by atoms with Gasteiger partial charge in [-0.3, -0.25) is 9.69 Å². The molecule has 1 unspecified atom stereocenters. The Morgan fingerprint density at radius 3 is 2.94 bits per heavy atom. The zero-order valence-corrected chi connectivity index (χ0v) is 10.5. The highest BCUT2D eigenvalue weighted by molar-refractivity contribution is 6.18. The highest BCUT2D eigenvalue weighted by Crippen LogP contribution is 2.28. The van der Waals surface area contributed by atoms with Gasteiger partial charge in [0.2, 0.25) is 5.91 Å². The number of rotatable bonds is 2. The van der Waals surface area contributed by atoms with E-state index in [2.05, 4.69) is 9.97 Å². The second-order valence-corrected chi connectivity index (χ2v) is 4.75. The number of carbonyl (C=O) groups excluding carboxylic acids is 1. The van der Waals surface area contributed by atoms with E-state index in [4.69, 9.17) is 11.6 Å². The monoisotopic (exact) mass is 261 g/mol. The standard InChI is InChI=1S/C13H12ClN3O/c14-6-9-5-12(18)17(7-9)13-10-3-1-2-4-11(10)15-8-16-13/h1-4,8-9H,5-7H2. The molecule has 1 aliphatic heterocycles. The molecule has 0 spiro atoms. The first-order valence-electron chi connectivity index (χ1n) is 5.85. The van der Waals surface area contributed by atoms with Crippen LogP contribution in [0.15, 0.2) is 30.6 Å². The lowest BCUT2D eigenvalue weighted by atomic mass is 10.1. The second kappa shape index (κ2) is 4.53. The van der Waals surface area contributed by atoms with Gasteiger partial charge in [-0.15, -0.1) is 11.6 Å². The van der Waals surface area contributed by atoms with Crippen LogP contribution >= 0.6 is 11.6 Å². The molecule has 1 aromatic heterocycles. The number of hydrogen-bond donors (Lipinski definition) is 0. The summed E-state index contributed by atoms with van der Waals surface area (Å²) >= 11 is 5.83. The molecule has 2 heterocycles. The summed E-state index contributed by atoms with van der Waals surface area (Å²) in [7, 11) is 0. The van der Waals surface area contributed by atoms with E-state index in [1.54, 1.807) is 4.90 Å². The average Bonchev–Trinajstić information content (AvgIpc) is 2.79. The number of para-hydroxylation sites is 1. The average molecular weight is 262 g/mol. The van der Waals surface area contributed by atoms with E-state index in [9.17, 15) is 4.79 Å². The van der Waals surface area contributed by atoms with Gasteiger partial charge in [-0.25, -0.2) is 9.97 Å². The normalized spacial score (nSPS) is 19.7. The minimum absolute atomic E-state index is 0.0875. The lowest BCUT2D eigenvalue weighted by molar-refractivity contribution is -0.117. The van der Waals surface area contributed by atoms with Crippen molar-refractivity contribution >= 4 is 34.2 Å². The number of benzene rings is 1. The lowest BCUT2D eigenvalue weighted by Crippen LogP contribution is -2.26. The van der Waals surface area contributed by atoms with Crippen molar-refractivity contribution in [3.63, 3.8) is 0 Å². The van der Waals surface area contributed by atoms with E-state index < -0.39 is 0 Å². The molecule has 0 saturated carbocycles. The highest BCUT2D eigenvalue weighted by Gasteiger charge is 2.31. The molecule has 0 N–H and O–H groups in total. The summed E-state index contributed by atoms with van der Waals surface area (Å²) in [5.74, 6) is 1.50. The van der Waals surface area contributed by atoms with Gasteiger partial charge in [0.25, 0.3) is 0 Å². The number of fused-ring (bicyclic) bond motifs is 1. The van der Waals surface area contributed by atoms with Crippen LogP contribution in [0.5, 0.6) is 0 Å². The Hall–Kier alpha value is -1.68. The second-order valence-electron chi connectivity index (χ2n) is 4.44. The van der Waals surface area contributed by atoms with Crippen LogP contribution in [0.3, 0.4) is 0 Å². The number of halogens is 1. The first-order chi connectivity index (χ1) is 8.79. The van der Waals surface area contributed by atoms with Crippen LogP contribution in [0.2, 0.25) is 0 Å². The Labute approximate surface area is 110 Å². The Morgan fingerprint density at radius 2 is 2.17 bits per heavy atom. The first kappa shape index (κ1) is 11.4. The Morgan fingerprint density at radius 1 is 1.33 bits per heavy atom. The molecule has 1 aromatic carbocycles. The van der Waals surface area contributed by atoms with E-state index >= 15 is 0 Å². The first-order valence-corrected chi connectivity index (χ1v) is 6.39. The molecule has 0 aliphatic carbocycles. The number of hydrogen-bond acceptors (Lipinski definition) is 3. The van der Waals surface area contributed by atoms with Crippen LogP contribution in [0.4, 0.5) is 5.82 Å². The predicted molar refractivity (Wildman–Crippen MR) is 70.7 cm³/mol. The third-order valence-electron chi connectivity index (χ3n) is 3.20. The lowest BCUT2D eigenvalue weighted by Gasteiger charge is -2.16. The Kier molecular flexibility index (Phi) is 2.88. The molecule has 2 aromatic rings. The van der Waals surface area contributed by atoms with Gasteiger partial charge in [-0.1, -0.05) is 12.1 Å². The largest absolute Gasteiger partial charge is 0.296 e. The van der Waals surface area contributed by atoms with Crippen molar-refractivity contribution in [3.8, 4) is 0 Å². The molecule has 18 heavy (non-hydrogen) atoms. The van der Waals surface area contributed by atoms with Crippen LogP contribution in [0.25, 0.3) is 10.9 Å². The molecule has 0 radical (unpaired) electrons. The van der Waals surface area contributed by atoms with Gasteiger partial charge in [0.15, 0.2) is 0 Å². The highest BCUT2D eigenvalue weighted by atomic mass is 35.5. The third kappa shape index (κ3) is 1.82. The molecule has 3 rings (SSSR count). The zero-order chi connectivity index (χ0) is 12.5. The molecule has 1 aliphatic rings. The molecule has 5 heteroatoms. The van der Waals surface area contributed by atoms with Gasteiger partial charge in [-0.2, -0.15) is 0 Å². The van der Waals surface area contributed by atoms with Crippen LogP contribution in [-0.2, 0) is 4.79 Å². The smallest absolute Gasteiger partial charge is 0.228 e. The van der Waals surface area contributed by atoms with E-state index in [0.717, 1.165) is 10.9 Å². The maximum atomic E-state index is 12.0. The molecule has 92 valence electrons. The quantitative estimate of drug-likeness (QED) is 0.779. The van der Waals surface area contributed by atoms with Gasteiger partial charge in [0, 0.05) is 24.2 Å². The van der Waals surface area contributed by atoms with E-state index in [1.165, 1.54) is 6.33 Å². The van der Waals surface area contributed by atoms with Crippen molar-refractivity contribution < 1.29 is 4.79 Å². The summed E-state index contributed by atoms with van der Waals surface area (Å²) < 4.78 is 0. The summed E-state index contributed by atoms with van der Waals surface area (Å²) in [4.78, 5) is 22.2. The van der Waals surface area contributed by atoms with Crippen molar-refractivity contribution in [2.24, 2.45) is 5.92 Å². The molecule has 1 saturated heterocycles. The molecule has 1 amide bonds. The van der Waals surface area contributed by atoms with Crippen molar-refractivity contribution in [1.82, 2.24) is 9.97 Å². The molecular weight excluding hydrogens is 250 g/mol. The van der Waals surface area contributed by atoms with Gasteiger partial charge >= 0.3 is 0 Å². The maximum absolute atomic E-state index is 12.0. The van der Waals surface area contributed by atoms with Crippen molar-refractivity contribution in [2.45, 2.75) is 6.42 Å². The summed E-state index contributed by atoms with van der Waals surface area (Å²) in [5, 5.41) is 0.906. The van der Waals surface area contributed by atoms with Crippen LogP contribution < -0.4 is 4.90 Å². The summed E-state index contributed by atoms with van der Waals surface area (Å²) in [6.45, 7) is 0.642. The SMILES string of the molecule is O=C1CC(CCl)CN1c1ncnc2ccccc12. The number of alkyl halides is 1. The van der Waals surface area contributed by atoms with Gasteiger partial charge in [0.05, 0.1) is 5.52 Å². The van der Waals surface area contributed by atoms with E-state index in [0.29, 0.717) is 24.7 Å². The fraction of sp³-hybridized carbons (Fsp3) is 0.308. The van der Waals surface area contributed by atoms with Crippen molar-refractivity contribution in [1.29, 1.82) is 0 Å². The van der Waals surface area contributed by atoms with Crippen molar-refractivity contribution in [3.05, 3.63) is 30.6 Å². The number of aromatic nitrogens is 2. The summed E-state index contributed by atoms with van der Waals surface area (Å²) in [6, 6.07) is 7.70. The number of carbonyl (C=O) groups is 1.